The second-order valence-electron chi connectivity index (χ2n) is 5.70. The number of rotatable bonds is 7. The van der Waals surface area contributed by atoms with Crippen LogP contribution >= 0.6 is 11.3 Å². The van der Waals surface area contributed by atoms with E-state index in [1.807, 2.05) is 13.8 Å². The van der Waals surface area contributed by atoms with Gasteiger partial charge in [-0.25, -0.2) is 9.78 Å². The number of hydrogen-bond donors (Lipinski definition) is 1. The Morgan fingerprint density at radius 1 is 1.44 bits per heavy atom. The summed E-state index contributed by atoms with van der Waals surface area (Å²) in [5, 5.41) is 19.3. The Morgan fingerprint density at radius 3 is 2.80 bits per heavy atom. The summed E-state index contributed by atoms with van der Waals surface area (Å²) in [5.74, 6) is 0.363. The molecule has 0 fully saturated rings. The van der Waals surface area contributed by atoms with E-state index in [-0.39, 0.29) is 23.8 Å². The van der Waals surface area contributed by atoms with E-state index in [0.29, 0.717) is 34.4 Å². The average molecular weight is 360 g/mol. The van der Waals surface area contributed by atoms with E-state index >= 15 is 0 Å². The molecule has 0 saturated heterocycles. The number of aliphatic hydroxyl groups excluding tert-OH is 1. The van der Waals surface area contributed by atoms with Crippen LogP contribution in [0, 0.1) is 17.2 Å². The minimum Gasteiger partial charge on any atom is -0.492 e. The molecule has 0 unspecified atom stereocenters. The van der Waals surface area contributed by atoms with Gasteiger partial charge in [-0.2, -0.15) is 5.26 Å². The molecule has 0 spiro atoms. The Hall–Kier alpha value is -2.43. The molecule has 0 atom stereocenters. The molecule has 1 heterocycles. The molecule has 7 heteroatoms. The van der Waals surface area contributed by atoms with Crippen LogP contribution in [0.1, 0.15) is 41.7 Å². The van der Waals surface area contributed by atoms with Crippen molar-refractivity contribution in [2.75, 3.05) is 13.2 Å². The number of esters is 1. The van der Waals surface area contributed by atoms with E-state index in [1.54, 1.807) is 25.1 Å². The van der Waals surface area contributed by atoms with Crippen molar-refractivity contribution in [2.45, 2.75) is 27.4 Å². The monoisotopic (exact) mass is 360 g/mol. The van der Waals surface area contributed by atoms with Crippen LogP contribution < -0.4 is 4.74 Å². The van der Waals surface area contributed by atoms with Gasteiger partial charge in [0.15, 0.2) is 0 Å². The standard InChI is InChI=1S/C18H20N2O4S/c1-4-23-18(22)16-14(9-21)20-17(25-16)12-5-6-15(13(7-12)8-19)24-10-11(2)3/h5-7,11,21H,4,9-10H2,1-3H3. The molecule has 0 aliphatic carbocycles. The van der Waals surface area contributed by atoms with E-state index in [2.05, 4.69) is 11.1 Å². The summed E-state index contributed by atoms with van der Waals surface area (Å²) in [6.45, 7) is 6.19. The summed E-state index contributed by atoms with van der Waals surface area (Å²) in [6.07, 6.45) is 0. The number of benzene rings is 1. The fourth-order valence-corrected chi connectivity index (χ4v) is 3.04. The molecule has 1 N–H and O–H groups in total. The quantitative estimate of drug-likeness (QED) is 0.761. The van der Waals surface area contributed by atoms with Crippen LogP contribution in [0.2, 0.25) is 0 Å². The maximum absolute atomic E-state index is 12.0. The average Bonchev–Trinajstić information content (AvgIpc) is 3.04. The van der Waals surface area contributed by atoms with Gasteiger partial charge in [-0.05, 0) is 31.0 Å². The summed E-state index contributed by atoms with van der Waals surface area (Å²) in [4.78, 5) is 16.5. The second-order valence-corrected chi connectivity index (χ2v) is 6.70. The number of aliphatic hydroxyl groups is 1. The molecule has 0 bridgehead atoms. The van der Waals surface area contributed by atoms with Gasteiger partial charge in [0.05, 0.1) is 31.1 Å². The van der Waals surface area contributed by atoms with Crippen molar-refractivity contribution in [3.63, 3.8) is 0 Å². The molecule has 2 aromatic rings. The van der Waals surface area contributed by atoms with Crippen molar-refractivity contribution in [1.29, 1.82) is 5.26 Å². The SMILES string of the molecule is CCOC(=O)c1sc(-c2ccc(OCC(C)C)c(C#N)c2)nc1CO. The molecule has 0 amide bonds. The first-order chi connectivity index (χ1) is 12.0. The molecule has 1 aromatic carbocycles. The van der Waals surface area contributed by atoms with Crippen molar-refractivity contribution in [3.05, 3.63) is 34.3 Å². The van der Waals surface area contributed by atoms with E-state index in [9.17, 15) is 15.2 Å². The van der Waals surface area contributed by atoms with Gasteiger partial charge in [0.1, 0.15) is 21.7 Å². The summed E-state index contributed by atoms with van der Waals surface area (Å²) < 4.78 is 10.6. The highest BCUT2D eigenvalue weighted by Crippen LogP contribution is 2.32. The van der Waals surface area contributed by atoms with Gasteiger partial charge < -0.3 is 14.6 Å². The van der Waals surface area contributed by atoms with Crippen molar-refractivity contribution < 1.29 is 19.4 Å². The molecule has 0 saturated carbocycles. The molecular formula is C18H20N2O4S. The van der Waals surface area contributed by atoms with Crippen LogP contribution in [0.25, 0.3) is 10.6 Å². The summed E-state index contributed by atoms with van der Waals surface area (Å²) in [7, 11) is 0. The second kappa shape index (κ2) is 8.60. The number of ether oxygens (including phenoxy) is 2. The first kappa shape index (κ1) is 18.9. The lowest BCUT2D eigenvalue weighted by Crippen LogP contribution is -2.05. The molecular weight excluding hydrogens is 340 g/mol. The molecule has 132 valence electrons. The number of hydrogen-bond acceptors (Lipinski definition) is 7. The minimum atomic E-state index is -0.507. The first-order valence-corrected chi connectivity index (χ1v) is 8.76. The zero-order valence-corrected chi connectivity index (χ0v) is 15.2. The maximum atomic E-state index is 12.0. The first-order valence-electron chi connectivity index (χ1n) is 7.95. The Kier molecular flexibility index (Phi) is 6.51. The highest BCUT2D eigenvalue weighted by molar-refractivity contribution is 7.17. The topological polar surface area (TPSA) is 92.4 Å². The third-order valence-corrected chi connectivity index (χ3v) is 4.35. The lowest BCUT2D eigenvalue weighted by molar-refractivity contribution is 0.0528. The number of nitrogens with zero attached hydrogens (tertiary/aromatic N) is 2. The number of carbonyl (C=O) groups is 1. The van der Waals surface area contributed by atoms with Crippen LogP contribution in [0.5, 0.6) is 5.75 Å². The van der Waals surface area contributed by atoms with Gasteiger partial charge in [0.2, 0.25) is 0 Å². The van der Waals surface area contributed by atoms with Gasteiger partial charge >= 0.3 is 5.97 Å². The van der Waals surface area contributed by atoms with Gasteiger partial charge in [-0.15, -0.1) is 11.3 Å². The lowest BCUT2D eigenvalue weighted by atomic mass is 10.1. The van der Waals surface area contributed by atoms with Crippen LogP contribution in [0.3, 0.4) is 0 Å². The van der Waals surface area contributed by atoms with E-state index in [1.165, 1.54) is 0 Å². The van der Waals surface area contributed by atoms with Crippen molar-refractivity contribution in [2.24, 2.45) is 5.92 Å². The van der Waals surface area contributed by atoms with Crippen LogP contribution in [-0.4, -0.2) is 29.3 Å². The van der Waals surface area contributed by atoms with Crippen molar-refractivity contribution in [1.82, 2.24) is 4.98 Å². The number of carbonyl (C=O) groups excluding carboxylic acids is 1. The summed E-state index contributed by atoms with van der Waals surface area (Å²) in [5.41, 5.74) is 1.36. The van der Waals surface area contributed by atoms with E-state index in [0.717, 1.165) is 11.3 Å². The number of aromatic nitrogens is 1. The van der Waals surface area contributed by atoms with Gasteiger partial charge in [-0.1, -0.05) is 13.8 Å². The molecule has 0 aliphatic rings. The molecule has 6 nitrogen and oxygen atoms in total. The molecule has 0 radical (unpaired) electrons. The normalized spacial score (nSPS) is 10.6. The predicted octanol–water partition coefficient (Wildman–Crippen LogP) is 3.39. The number of nitriles is 1. The largest absolute Gasteiger partial charge is 0.492 e. The van der Waals surface area contributed by atoms with Gasteiger partial charge in [0, 0.05) is 5.56 Å². The van der Waals surface area contributed by atoms with Crippen molar-refractivity contribution >= 4 is 17.3 Å². The molecule has 0 aliphatic heterocycles. The Morgan fingerprint density at radius 2 is 2.20 bits per heavy atom. The van der Waals surface area contributed by atoms with Gasteiger partial charge in [0.25, 0.3) is 0 Å². The summed E-state index contributed by atoms with van der Waals surface area (Å²) in [6, 6.07) is 7.30. The highest BCUT2D eigenvalue weighted by Gasteiger charge is 2.20. The Labute approximate surface area is 150 Å². The smallest absolute Gasteiger partial charge is 0.350 e. The zero-order valence-electron chi connectivity index (χ0n) is 14.4. The van der Waals surface area contributed by atoms with Crippen LogP contribution in [0.15, 0.2) is 18.2 Å². The van der Waals surface area contributed by atoms with Crippen molar-refractivity contribution in [3.8, 4) is 22.4 Å². The van der Waals surface area contributed by atoms with Crippen LogP contribution in [-0.2, 0) is 11.3 Å². The Balaban J connectivity index is 2.35. The fraction of sp³-hybridized carbons (Fsp3) is 0.389. The predicted molar refractivity (Wildman–Crippen MR) is 94.5 cm³/mol. The Bertz CT molecular complexity index is 793. The molecule has 25 heavy (non-hydrogen) atoms. The molecule has 1 aromatic heterocycles. The number of thiazole rings is 1. The maximum Gasteiger partial charge on any atom is 0.350 e. The fourth-order valence-electron chi connectivity index (χ4n) is 2.07. The third-order valence-electron chi connectivity index (χ3n) is 3.23. The summed E-state index contributed by atoms with van der Waals surface area (Å²) >= 11 is 1.13. The minimum absolute atomic E-state index is 0.247. The third kappa shape index (κ3) is 4.56. The van der Waals surface area contributed by atoms with E-state index < -0.39 is 5.97 Å². The highest BCUT2D eigenvalue weighted by atomic mass is 32.1. The van der Waals surface area contributed by atoms with Gasteiger partial charge in [-0.3, -0.25) is 0 Å². The van der Waals surface area contributed by atoms with E-state index in [4.69, 9.17) is 9.47 Å². The lowest BCUT2D eigenvalue weighted by Gasteiger charge is -2.10. The zero-order chi connectivity index (χ0) is 18.4. The van der Waals surface area contributed by atoms with Crippen LogP contribution in [0.4, 0.5) is 0 Å². The molecule has 2 rings (SSSR count).